The number of carbonyl (C=O) groups excluding carboxylic acids is 1. The number of halogens is 1. The first-order valence-corrected chi connectivity index (χ1v) is 11.4. The first kappa shape index (κ1) is 19.4. The topological polar surface area (TPSA) is 57.7 Å². The molecule has 1 aliphatic carbocycles. The Morgan fingerprint density at radius 3 is 2.29 bits per heavy atom. The van der Waals surface area contributed by atoms with Gasteiger partial charge in [0.2, 0.25) is 10.0 Å². The summed E-state index contributed by atoms with van der Waals surface area (Å²) in [5, 5.41) is 0.414. The van der Waals surface area contributed by atoms with Crippen molar-refractivity contribution in [2.45, 2.75) is 30.6 Å². The molecule has 1 saturated heterocycles. The van der Waals surface area contributed by atoms with E-state index in [1.807, 2.05) is 12.1 Å². The molecule has 148 valence electrons. The van der Waals surface area contributed by atoms with Gasteiger partial charge in [0.05, 0.1) is 15.5 Å². The van der Waals surface area contributed by atoms with E-state index in [2.05, 4.69) is 0 Å². The molecule has 1 heterocycles. The van der Waals surface area contributed by atoms with Gasteiger partial charge in [-0.05, 0) is 61.1 Å². The van der Waals surface area contributed by atoms with E-state index in [4.69, 9.17) is 11.6 Å². The number of hydrogen-bond donors (Lipinski definition) is 0. The smallest absolute Gasteiger partial charge is 0.255 e. The number of aryl methyl sites for hydroxylation is 2. The highest BCUT2D eigenvalue weighted by Crippen LogP contribution is 2.26. The third-order valence-electron chi connectivity index (χ3n) is 5.59. The lowest BCUT2D eigenvalue weighted by Gasteiger charge is -2.34. The van der Waals surface area contributed by atoms with E-state index in [0.717, 1.165) is 24.8 Å². The fourth-order valence-electron chi connectivity index (χ4n) is 3.96. The summed E-state index contributed by atoms with van der Waals surface area (Å²) in [5.41, 5.74) is 2.87. The van der Waals surface area contributed by atoms with Gasteiger partial charge in [0, 0.05) is 26.2 Å². The predicted molar refractivity (Wildman–Crippen MR) is 109 cm³/mol. The van der Waals surface area contributed by atoms with Crippen molar-refractivity contribution in [3.05, 3.63) is 64.2 Å². The molecule has 0 atom stereocenters. The van der Waals surface area contributed by atoms with Crippen molar-refractivity contribution in [3.63, 3.8) is 0 Å². The quantitative estimate of drug-likeness (QED) is 0.767. The summed E-state index contributed by atoms with van der Waals surface area (Å²) in [6.45, 7) is 1.29. The van der Waals surface area contributed by atoms with E-state index in [1.165, 1.54) is 16.3 Å². The first-order chi connectivity index (χ1) is 13.5. The third kappa shape index (κ3) is 3.69. The van der Waals surface area contributed by atoms with Gasteiger partial charge < -0.3 is 4.90 Å². The van der Waals surface area contributed by atoms with Gasteiger partial charge in [0.1, 0.15) is 0 Å². The molecule has 7 heteroatoms. The summed E-state index contributed by atoms with van der Waals surface area (Å²) in [5.74, 6) is -0.156. The number of sulfonamides is 1. The highest BCUT2D eigenvalue weighted by Gasteiger charge is 2.31. The maximum atomic E-state index is 13.1. The number of amides is 1. The number of nitrogens with zero attached hydrogens (tertiary/aromatic N) is 2. The zero-order valence-corrected chi connectivity index (χ0v) is 17.2. The van der Waals surface area contributed by atoms with Gasteiger partial charge in [-0.3, -0.25) is 4.79 Å². The van der Waals surface area contributed by atoms with Crippen molar-refractivity contribution in [1.29, 1.82) is 0 Å². The summed E-state index contributed by atoms with van der Waals surface area (Å²) in [6.07, 6.45) is 4.25. The number of piperazine rings is 1. The van der Waals surface area contributed by atoms with Crippen molar-refractivity contribution >= 4 is 27.5 Å². The standard InChI is InChI=1S/C21H23ClN2O3S/c22-20-8-4-3-7-19(20)21(25)23-11-13-24(14-12-23)28(26,27)18-10-9-16-5-1-2-6-17(16)15-18/h3-4,7-10,15H,1-2,5-6,11-14H2. The molecule has 0 radical (unpaired) electrons. The Hall–Kier alpha value is -1.89. The molecule has 4 rings (SSSR count). The Bertz CT molecular complexity index is 998. The second-order valence-corrected chi connectivity index (χ2v) is 9.66. The zero-order valence-electron chi connectivity index (χ0n) is 15.6. The Balaban J connectivity index is 1.47. The van der Waals surface area contributed by atoms with Crippen molar-refractivity contribution in [3.8, 4) is 0 Å². The van der Waals surface area contributed by atoms with Crippen LogP contribution in [-0.4, -0.2) is 49.7 Å². The molecule has 1 aliphatic heterocycles. The van der Waals surface area contributed by atoms with Crippen LogP contribution in [0.3, 0.4) is 0 Å². The number of carbonyl (C=O) groups is 1. The van der Waals surface area contributed by atoms with Crippen LogP contribution in [0.25, 0.3) is 0 Å². The average molecular weight is 419 g/mol. The van der Waals surface area contributed by atoms with Gasteiger partial charge >= 0.3 is 0 Å². The van der Waals surface area contributed by atoms with Gasteiger partial charge in [-0.1, -0.05) is 29.8 Å². The Labute approximate surface area is 171 Å². The minimum atomic E-state index is -3.55. The molecule has 2 aromatic carbocycles. The van der Waals surface area contributed by atoms with Crippen LogP contribution in [0.15, 0.2) is 47.4 Å². The van der Waals surface area contributed by atoms with Crippen molar-refractivity contribution < 1.29 is 13.2 Å². The van der Waals surface area contributed by atoms with Crippen LogP contribution in [0.4, 0.5) is 0 Å². The van der Waals surface area contributed by atoms with E-state index < -0.39 is 10.0 Å². The van der Waals surface area contributed by atoms with Crippen LogP contribution in [0.2, 0.25) is 5.02 Å². The second-order valence-electron chi connectivity index (χ2n) is 7.31. The molecule has 2 aromatic rings. The maximum absolute atomic E-state index is 13.1. The molecule has 0 N–H and O–H groups in total. The van der Waals surface area contributed by atoms with E-state index in [1.54, 1.807) is 35.2 Å². The van der Waals surface area contributed by atoms with Crippen LogP contribution in [0, 0.1) is 0 Å². The molecular formula is C21H23ClN2O3S. The van der Waals surface area contributed by atoms with Crippen LogP contribution < -0.4 is 0 Å². The fourth-order valence-corrected chi connectivity index (χ4v) is 5.65. The molecule has 2 aliphatic rings. The van der Waals surface area contributed by atoms with Crippen LogP contribution in [-0.2, 0) is 22.9 Å². The lowest BCUT2D eigenvalue weighted by Crippen LogP contribution is -2.50. The van der Waals surface area contributed by atoms with Gasteiger partial charge in [0.25, 0.3) is 5.91 Å². The fraction of sp³-hybridized carbons (Fsp3) is 0.381. The van der Waals surface area contributed by atoms with Crippen LogP contribution >= 0.6 is 11.6 Å². The SMILES string of the molecule is O=C(c1ccccc1Cl)N1CCN(S(=O)(=O)c2ccc3c(c2)CCCC3)CC1. The van der Waals surface area contributed by atoms with Crippen LogP contribution in [0.1, 0.15) is 34.3 Å². The van der Waals surface area contributed by atoms with Crippen LogP contribution in [0.5, 0.6) is 0 Å². The largest absolute Gasteiger partial charge is 0.336 e. The Morgan fingerprint density at radius 1 is 0.893 bits per heavy atom. The second kappa shape index (κ2) is 7.85. The molecule has 0 unspecified atom stereocenters. The molecule has 0 spiro atoms. The summed E-state index contributed by atoms with van der Waals surface area (Å²) >= 11 is 6.12. The van der Waals surface area contributed by atoms with Crippen molar-refractivity contribution in [1.82, 2.24) is 9.21 Å². The summed E-state index contributed by atoms with van der Waals surface area (Å²) in [4.78, 5) is 14.7. The Kier molecular flexibility index (Phi) is 5.45. The molecule has 28 heavy (non-hydrogen) atoms. The van der Waals surface area contributed by atoms with Gasteiger partial charge in [-0.2, -0.15) is 4.31 Å². The van der Waals surface area contributed by atoms with E-state index >= 15 is 0 Å². The van der Waals surface area contributed by atoms with E-state index in [0.29, 0.717) is 28.6 Å². The minimum Gasteiger partial charge on any atom is -0.336 e. The monoisotopic (exact) mass is 418 g/mol. The highest BCUT2D eigenvalue weighted by atomic mass is 35.5. The normalized spacial score (nSPS) is 18.0. The molecule has 5 nitrogen and oxygen atoms in total. The van der Waals surface area contributed by atoms with E-state index in [9.17, 15) is 13.2 Å². The number of rotatable bonds is 3. The molecule has 0 bridgehead atoms. The number of hydrogen-bond acceptors (Lipinski definition) is 3. The lowest BCUT2D eigenvalue weighted by atomic mass is 9.92. The highest BCUT2D eigenvalue weighted by molar-refractivity contribution is 7.89. The number of benzene rings is 2. The molecule has 0 aromatic heterocycles. The molecule has 1 fully saturated rings. The lowest BCUT2D eigenvalue weighted by molar-refractivity contribution is 0.0698. The first-order valence-electron chi connectivity index (χ1n) is 9.62. The summed E-state index contributed by atoms with van der Waals surface area (Å²) < 4.78 is 27.6. The Morgan fingerprint density at radius 2 is 1.57 bits per heavy atom. The predicted octanol–water partition coefficient (Wildman–Crippen LogP) is 3.37. The maximum Gasteiger partial charge on any atom is 0.255 e. The zero-order chi connectivity index (χ0) is 19.7. The third-order valence-corrected chi connectivity index (χ3v) is 7.81. The summed E-state index contributed by atoms with van der Waals surface area (Å²) in [7, 11) is -3.55. The van der Waals surface area contributed by atoms with Gasteiger partial charge in [-0.25, -0.2) is 8.42 Å². The number of fused-ring (bicyclic) bond motifs is 1. The summed E-state index contributed by atoms with van der Waals surface area (Å²) in [6, 6.07) is 12.5. The van der Waals surface area contributed by atoms with Crippen molar-refractivity contribution in [2.75, 3.05) is 26.2 Å². The van der Waals surface area contributed by atoms with E-state index in [-0.39, 0.29) is 19.0 Å². The molecule has 1 amide bonds. The average Bonchev–Trinajstić information content (AvgIpc) is 2.73. The molecular weight excluding hydrogens is 396 g/mol. The van der Waals surface area contributed by atoms with Gasteiger partial charge in [0.15, 0.2) is 0 Å². The minimum absolute atomic E-state index is 0.156. The van der Waals surface area contributed by atoms with Crippen molar-refractivity contribution in [2.24, 2.45) is 0 Å². The molecule has 0 saturated carbocycles. The van der Waals surface area contributed by atoms with Gasteiger partial charge in [-0.15, -0.1) is 0 Å².